The Hall–Kier alpha value is -2.60. The van der Waals surface area contributed by atoms with Crippen LogP contribution in [0.4, 0.5) is 11.8 Å². The highest BCUT2D eigenvalue weighted by atomic mass is 16.3. The van der Waals surface area contributed by atoms with E-state index in [0.717, 1.165) is 41.1 Å². The molecule has 0 bridgehead atoms. The van der Waals surface area contributed by atoms with Crippen molar-refractivity contribution in [2.45, 2.75) is 18.9 Å². The van der Waals surface area contributed by atoms with Crippen molar-refractivity contribution in [3.8, 4) is 11.3 Å². The summed E-state index contributed by atoms with van der Waals surface area (Å²) < 4.78 is 5.49. The van der Waals surface area contributed by atoms with Gasteiger partial charge in [0.1, 0.15) is 11.6 Å². The number of likely N-dealkylation sites (tertiary alicyclic amines) is 1. The Bertz CT molecular complexity index is 896. The second-order valence-electron chi connectivity index (χ2n) is 6.92. The average Bonchev–Trinajstić information content (AvgIpc) is 3.26. The first-order valence-electron chi connectivity index (χ1n) is 8.88. The molecule has 1 aromatic carbocycles. The minimum absolute atomic E-state index is 0.323. The molecule has 2 fully saturated rings. The Balaban J connectivity index is 1.47. The van der Waals surface area contributed by atoms with Crippen molar-refractivity contribution < 1.29 is 4.42 Å². The van der Waals surface area contributed by atoms with Crippen LogP contribution in [-0.4, -0.2) is 47.1 Å². The first kappa shape index (κ1) is 14.7. The third kappa shape index (κ3) is 2.53. The molecule has 2 aliphatic rings. The third-order valence-electron chi connectivity index (χ3n) is 5.32. The molecule has 0 aliphatic carbocycles. The van der Waals surface area contributed by atoms with E-state index in [1.165, 1.54) is 25.9 Å². The van der Waals surface area contributed by atoms with Crippen molar-refractivity contribution in [1.82, 2.24) is 14.9 Å². The number of nitrogens with two attached hydrogens (primary N) is 1. The number of hydrogen-bond acceptors (Lipinski definition) is 6. The number of furan rings is 1. The molecule has 0 amide bonds. The summed E-state index contributed by atoms with van der Waals surface area (Å²) in [6.45, 7) is 4.51. The summed E-state index contributed by atoms with van der Waals surface area (Å²) in [5.74, 6) is 2.10. The number of aromatic nitrogens is 2. The van der Waals surface area contributed by atoms with E-state index in [-0.39, 0.29) is 0 Å². The zero-order valence-electron chi connectivity index (χ0n) is 14.1. The molecule has 4 heterocycles. The van der Waals surface area contributed by atoms with Gasteiger partial charge >= 0.3 is 0 Å². The monoisotopic (exact) mass is 335 g/mol. The Morgan fingerprint density at radius 3 is 2.68 bits per heavy atom. The summed E-state index contributed by atoms with van der Waals surface area (Å²) in [7, 11) is 0. The summed E-state index contributed by atoms with van der Waals surface area (Å²) in [6, 6.07) is 10.6. The van der Waals surface area contributed by atoms with E-state index in [1.54, 1.807) is 6.26 Å². The van der Waals surface area contributed by atoms with Crippen LogP contribution in [0.2, 0.25) is 0 Å². The van der Waals surface area contributed by atoms with Gasteiger partial charge in [-0.3, -0.25) is 4.90 Å². The van der Waals surface area contributed by atoms with Gasteiger partial charge in [-0.15, -0.1) is 0 Å². The van der Waals surface area contributed by atoms with Crippen molar-refractivity contribution in [1.29, 1.82) is 0 Å². The van der Waals surface area contributed by atoms with Gasteiger partial charge in [0.05, 0.1) is 11.8 Å². The fraction of sp³-hybridized carbons (Fsp3) is 0.368. The van der Waals surface area contributed by atoms with Crippen LogP contribution >= 0.6 is 0 Å². The summed E-state index contributed by atoms with van der Waals surface area (Å²) in [6.07, 6.45) is 4.34. The van der Waals surface area contributed by atoms with Gasteiger partial charge in [0.2, 0.25) is 5.95 Å². The maximum absolute atomic E-state index is 5.98. The molecule has 128 valence electrons. The third-order valence-corrected chi connectivity index (χ3v) is 5.32. The number of nitrogens with zero attached hydrogens (tertiary/aromatic N) is 4. The zero-order valence-corrected chi connectivity index (χ0v) is 14.1. The topological polar surface area (TPSA) is 71.4 Å². The van der Waals surface area contributed by atoms with Crippen molar-refractivity contribution in [3.63, 3.8) is 0 Å². The molecule has 5 rings (SSSR count). The lowest BCUT2D eigenvalue weighted by Gasteiger charge is -2.45. The SMILES string of the molecule is Nc1nc(N2CC(N3CCCC3)C2)c2ccc(-c3ccco3)cc2n1. The van der Waals surface area contributed by atoms with E-state index < -0.39 is 0 Å². The number of hydrogen-bond donors (Lipinski definition) is 1. The first-order valence-corrected chi connectivity index (χ1v) is 8.88. The Morgan fingerprint density at radius 1 is 1.08 bits per heavy atom. The predicted molar refractivity (Wildman–Crippen MR) is 98.5 cm³/mol. The van der Waals surface area contributed by atoms with Crippen LogP contribution in [0.1, 0.15) is 12.8 Å². The summed E-state index contributed by atoms with van der Waals surface area (Å²) in [5, 5.41) is 1.05. The number of nitrogen functional groups attached to an aromatic ring is 1. The van der Waals surface area contributed by atoms with Crippen LogP contribution in [0, 0.1) is 0 Å². The lowest BCUT2D eigenvalue weighted by atomic mass is 10.1. The lowest BCUT2D eigenvalue weighted by Crippen LogP contribution is -2.59. The van der Waals surface area contributed by atoms with E-state index in [9.17, 15) is 0 Å². The molecule has 0 saturated carbocycles. The predicted octanol–water partition coefficient (Wildman–Crippen LogP) is 2.76. The molecule has 6 nitrogen and oxygen atoms in total. The van der Waals surface area contributed by atoms with E-state index in [2.05, 4.69) is 31.9 Å². The maximum atomic E-state index is 5.98. The zero-order chi connectivity index (χ0) is 16.8. The minimum atomic E-state index is 0.323. The quantitative estimate of drug-likeness (QED) is 0.793. The van der Waals surface area contributed by atoms with E-state index in [4.69, 9.17) is 10.2 Å². The van der Waals surface area contributed by atoms with E-state index in [1.807, 2.05) is 18.2 Å². The molecule has 3 aromatic rings. The van der Waals surface area contributed by atoms with Gasteiger partial charge in [0.15, 0.2) is 0 Å². The van der Waals surface area contributed by atoms with Crippen molar-refractivity contribution in [2.75, 3.05) is 36.8 Å². The molecule has 2 aromatic heterocycles. The highest BCUT2D eigenvalue weighted by Crippen LogP contribution is 2.32. The fourth-order valence-electron chi connectivity index (χ4n) is 3.93. The molecule has 0 atom stereocenters. The Morgan fingerprint density at radius 2 is 1.92 bits per heavy atom. The average molecular weight is 335 g/mol. The highest BCUT2D eigenvalue weighted by Gasteiger charge is 2.34. The van der Waals surface area contributed by atoms with E-state index in [0.29, 0.717) is 12.0 Å². The fourth-order valence-corrected chi connectivity index (χ4v) is 3.93. The molecule has 2 aliphatic heterocycles. The Labute approximate surface area is 146 Å². The second-order valence-corrected chi connectivity index (χ2v) is 6.92. The molecule has 2 saturated heterocycles. The molecular formula is C19H21N5O. The van der Waals surface area contributed by atoms with Crippen LogP contribution in [0.5, 0.6) is 0 Å². The van der Waals surface area contributed by atoms with Crippen LogP contribution in [0.25, 0.3) is 22.2 Å². The first-order chi connectivity index (χ1) is 12.3. The van der Waals surface area contributed by atoms with Gasteiger partial charge < -0.3 is 15.1 Å². The number of rotatable bonds is 3. The second kappa shape index (κ2) is 5.74. The van der Waals surface area contributed by atoms with Gasteiger partial charge in [0.25, 0.3) is 0 Å². The number of fused-ring (bicyclic) bond motifs is 1. The lowest BCUT2D eigenvalue weighted by molar-refractivity contribution is 0.204. The molecule has 2 N–H and O–H groups in total. The van der Waals surface area contributed by atoms with Crippen molar-refractivity contribution >= 4 is 22.7 Å². The van der Waals surface area contributed by atoms with Crippen LogP contribution in [0.3, 0.4) is 0 Å². The minimum Gasteiger partial charge on any atom is -0.464 e. The maximum Gasteiger partial charge on any atom is 0.222 e. The molecule has 25 heavy (non-hydrogen) atoms. The van der Waals surface area contributed by atoms with Gasteiger partial charge in [0, 0.05) is 30.1 Å². The number of anilines is 2. The van der Waals surface area contributed by atoms with Crippen LogP contribution in [0.15, 0.2) is 41.0 Å². The molecular weight excluding hydrogens is 314 g/mol. The van der Waals surface area contributed by atoms with Gasteiger partial charge in [-0.05, 0) is 50.2 Å². The highest BCUT2D eigenvalue weighted by molar-refractivity contribution is 5.93. The standard InChI is InChI=1S/C19H21N5O/c20-19-21-16-10-13(17-4-3-9-25-17)5-6-15(16)18(22-19)24-11-14(12-24)23-7-1-2-8-23/h3-6,9-10,14H,1-2,7-8,11-12H2,(H2,20,21,22). The smallest absolute Gasteiger partial charge is 0.222 e. The van der Waals surface area contributed by atoms with Gasteiger partial charge in [-0.25, -0.2) is 4.98 Å². The summed E-state index contributed by atoms with van der Waals surface area (Å²) in [4.78, 5) is 13.9. The number of benzene rings is 1. The molecule has 0 spiro atoms. The Kier molecular flexibility index (Phi) is 3.38. The van der Waals surface area contributed by atoms with Gasteiger partial charge in [-0.1, -0.05) is 6.07 Å². The van der Waals surface area contributed by atoms with Crippen molar-refractivity contribution in [2.24, 2.45) is 0 Å². The molecule has 0 radical (unpaired) electrons. The van der Waals surface area contributed by atoms with Crippen LogP contribution in [-0.2, 0) is 0 Å². The summed E-state index contributed by atoms with van der Waals surface area (Å²) >= 11 is 0. The molecule has 6 heteroatoms. The van der Waals surface area contributed by atoms with Crippen molar-refractivity contribution in [3.05, 3.63) is 36.6 Å². The van der Waals surface area contributed by atoms with Crippen LogP contribution < -0.4 is 10.6 Å². The van der Waals surface area contributed by atoms with E-state index >= 15 is 0 Å². The van der Waals surface area contributed by atoms with Gasteiger partial charge in [-0.2, -0.15) is 4.98 Å². The summed E-state index contributed by atoms with van der Waals surface area (Å²) in [5.41, 5.74) is 7.85. The normalized spacial score (nSPS) is 18.8. The largest absolute Gasteiger partial charge is 0.464 e. The molecule has 0 unspecified atom stereocenters.